The monoisotopic (exact) mass is 497 g/mol. The molecule has 3 heterocycles. The van der Waals surface area contributed by atoms with Gasteiger partial charge in [0.25, 0.3) is 5.91 Å². The Hall–Kier alpha value is -4.28. The van der Waals surface area contributed by atoms with E-state index in [1.54, 1.807) is 19.2 Å². The number of amides is 3. The van der Waals surface area contributed by atoms with Crippen molar-refractivity contribution in [2.24, 2.45) is 7.05 Å². The highest BCUT2D eigenvalue weighted by Gasteiger charge is 2.50. The molecule has 2 aliphatic heterocycles. The second-order valence-electron chi connectivity index (χ2n) is 8.78. The van der Waals surface area contributed by atoms with E-state index in [1.165, 1.54) is 25.4 Å². The summed E-state index contributed by atoms with van der Waals surface area (Å²) >= 11 is 0. The molecule has 5 rings (SSSR count). The lowest BCUT2D eigenvalue weighted by molar-refractivity contribution is -0.141. The molecule has 0 unspecified atom stereocenters. The summed E-state index contributed by atoms with van der Waals surface area (Å²) in [7, 11) is 2.98. The number of aromatic nitrogens is 2. The minimum atomic E-state index is -4.62. The Balaban J connectivity index is 1.49. The number of carbonyl (C=O) groups is 2. The number of hydrogen-bond donors (Lipinski definition) is 2. The maximum atomic E-state index is 13.5. The van der Waals surface area contributed by atoms with Gasteiger partial charge in [-0.3, -0.25) is 14.8 Å². The van der Waals surface area contributed by atoms with Crippen LogP contribution in [-0.4, -0.2) is 40.3 Å². The summed E-state index contributed by atoms with van der Waals surface area (Å²) in [6, 6.07) is 11.0. The Bertz CT molecular complexity index is 1400. The number of urea groups is 1. The van der Waals surface area contributed by atoms with Crippen molar-refractivity contribution in [3.05, 3.63) is 77.6 Å². The molecular weight excluding hydrogens is 475 g/mol. The van der Waals surface area contributed by atoms with Gasteiger partial charge >= 0.3 is 12.2 Å². The minimum absolute atomic E-state index is 0.0699. The summed E-state index contributed by atoms with van der Waals surface area (Å²) in [5.41, 5.74) is 0.695. The average molecular weight is 497 g/mol. The molecule has 0 saturated carbocycles. The zero-order valence-electron chi connectivity index (χ0n) is 19.4. The molecule has 0 spiro atoms. The summed E-state index contributed by atoms with van der Waals surface area (Å²) < 4.78 is 46.8. The van der Waals surface area contributed by atoms with E-state index in [0.717, 1.165) is 15.8 Å². The number of rotatable bonds is 5. The zero-order chi connectivity index (χ0) is 25.8. The quantitative estimate of drug-likeness (QED) is 0.526. The van der Waals surface area contributed by atoms with E-state index < -0.39 is 29.3 Å². The molecular formula is C25H22F3N5O3. The second kappa shape index (κ2) is 8.14. The number of hydrogen-bond acceptors (Lipinski definition) is 5. The standard InChI is InChI=1S/C25H22F3N5O3/c1-14-19-10-18(36-3)9-6-16(19)11-33(14)13-24(22(34)29-23(35)30-24)17-7-4-15(5-8-17)20-12-32(2)31-21(20)25(26,27)28/h4-10,12H,1,11,13H2,2-3H3,(H2,29,30,34,35)/t24-/m0/s1. The number of nitrogens with zero attached hydrogens (tertiary/aromatic N) is 3. The van der Waals surface area contributed by atoms with Crippen LogP contribution in [0.5, 0.6) is 5.75 Å². The van der Waals surface area contributed by atoms with Crippen LogP contribution in [0.4, 0.5) is 18.0 Å². The molecule has 2 N–H and O–H groups in total. The van der Waals surface area contributed by atoms with Crippen LogP contribution < -0.4 is 15.4 Å². The van der Waals surface area contributed by atoms with E-state index in [0.29, 0.717) is 23.6 Å². The van der Waals surface area contributed by atoms with E-state index in [4.69, 9.17) is 4.74 Å². The largest absolute Gasteiger partial charge is 0.497 e. The lowest BCUT2D eigenvalue weighted by Gasteiger charge is -2.33. The predicted molar refractivity (Wildman–Crippen MR) is 124 cm³/mol. The molecule has 3 amide bonds. The molecule has 0 aliphatic carbocycles. The van der Waals surface area contributed by atoms with Crippen molar-refractivity contribution < 1.29 is 27.5 Å². The number of benzene rings is 2. The van der Waals surface area contributed by atoms with E-state index in [2.05, 4.69) is 22.3 Å². The number of halogens is 3. The maximum Gasteiger partial charge on any atom is 0.435 e. The van der Waals surface area contributed by atoms with Gasteiger partial charge < -0.3 is 15.0 Å². The number of aryl methyl sites for hydroxylation is 1. The van der Waals surface area contributed by atoms with Crippen LogP contribution in [-0.2, 0) is 30.1 Å². The molecule has 186 valence electrons. The number of imide groups is 1. The summed E-state index contributed by atoms with van der Waals surface area (Å²) in [5.74, 6) is 0.113. The highest BCUT2D eigenvalue weighted by Crippen LogP contribution is 2.39. The highest BCUT2D eigenvalue weighted by molar-refractivity contribution is 6.07. The molecule has 0 radical (unpaired) electrons. The first kappa shape index (κ1) is 23.5. The summed E-state index contributed by atoms with van der Waals surface area (Å²) in [6.07, 6.45) is -3.33. The van der Waals surface area contributed by atoms with Crippen LogP contribution in [0.2, 0.25) is 0 Å². The van der Waals surface area contributed by atoms with Crippen LogP contribution in [0.1, 0.15) is 22.4 Å². The molecule has 2 aromatic carbocycles. The first-order valence-electron chi connectivity index (χ1n) is 11.0. The molecule has 1 atom stereocenters. The van der Waals surface area contributed by atoms with Gasteiger partial charge in [0.05, 0.1) is 13.7 Å². The number of fused-ring (bicyclic) bond motifs is 1. The van der Waals surface area contributed by atoms with Crippen LogP contribution in [0.3, 0.4) is 0 Å². The Kier molecular flexibility index (Phi) is 5.31. The number of methoxy groups -OCH3 is 1. The molecule has 1 saturated heterocycles. The SMILES string of the molecule is C=C1c2cc(OC)ccc2CN1C[C@@]1(c2ccc(-c3cn(C)nc3C(F)(F)F)cc2)NC(=O)NC1=O. The number of carbonyl (C=O) groups excluding carboxylic acids is 2. The van der Waals surface area contributed by atoms with Crippen LogP contribution in [0.25, 0.3) is 16.8 Å². The topological polar surface area (TPSA) is 88.5 Å². The highest BCUT2D eigenvalue weighted by atomic mass is 19.4. The van der Waals surface area contributed by atoms with Crippen LogP contribution in [0.15, 0.2) is 55.2 Å². The molecule has 0 bridgehead atoms. The van der Waals surface area contributed by atoms with Crippen molar-refractivity contribution in [3.8, 4) is 16.9 Å². The lowest BCUT2D eigenvalue weighted by atomic mass is 9.88. The molecule has 3 aromatic rings. The first-order valence-corrected chi connectivity index (χ1v) is 11.0. The summed E-state index contributed by atoms with van der Waals surface area (Å²) in [5, 5.41) is 8.56. The van der Waals surface area contributed by atoms with Gasteiger partial charge in [-0.25, -0.2) is 4.79 Å². The lowest BCUT2D eigenvalue weighted by Crippen LogP contribution is -2.51. The van der Waals surface area contributed by atoms with E-state index in [9.17, 15) is 22.8 Å². The Morgan fingerprint density at radius 1 is 1.14 bits per heavy atom. The normalized spacial score (nSPS) is 19.4. The van der Waals surface area contributed by atoms with Crippen molar-refractivity contribution in [3.63, 3.8) is 0 Å². The van der Waals surface area contributed by atoms with Crippen molar-refractivity contribution >= 4 is 17.6 Å². The Labute approximate surface area is 204 Å². The third kappa shape index (κ3) is 3.76. The fraction of sp³-hybridized carbons (Fsp3) is 0.240. The molecule has 36 heavy (non-hydrogen) atoms. The Morgan fingerprint density at radius 2 is 1.86 bits per heavy atom. The third-order valence-corrected chi connectivity index (χ3v) is 6.53. The van der Waals surface area contributed by atoms with Crippen LogP contribution in [0, 0.1) is 0 Å². The third-order valence-electron chi connectivity index (χ3n) is 6.53. The summed E-state index contributed by atoms with van der Waals surface area (Å²) in [4.78, 5) is 27.2. The van der Waals surface area contributed by atoms with Gasteiger partial charge in [0, 0.05) is 36.6 Å². The van der Waals surface area contributed by atoms with Gasteiger partial charge in [-0.15, -0.1) is 0 Å². The van der Waals surface area contributed by atoms with Crippen LogP contribution >= 0.6 is 0 Å². The van der Waals surface area contributed by atoms with E-state index in [-0.39, 0.29) is 17.7 Å². The molecule has 11 heteroatoms. The number of nitrogens with one attached hydrogen (secondary N) is 2. The number of ether oxygens (including phenoxy) is 1. The smallest absolute Gasteiger partial charge is 0.435 e. The van der Waals surface area contributed by atoms with Gasteiger partial charge in [-0.2, -0.15) is 18.3 Å². The number of alkyl halides is 3. The first-order chi connectivity index (χ1) is 17.0. The van der Waals surface area contributed by atoms with E-state index >= 15 is 0 Å². The molecule has 8 nitrogen and oxygen atoms in total. The van der Waals surface area contributed by atoms with Gasteiger partial charge in [0.15, 0.2) is 11.2 Å². The van der Waals surface area contributed by atoms with Crippen molar-refractivity contribution in [1.29, 1.82) is 0 Å². The maximum absolute atomic E-state index is 13.5. The second-order valence-corrected chi connectivity index (χ2v) is 8.78. The summed E-state index contributed by atoms with van der Waals surface area (Å²) in [6.45, 7) is 4.70. The zero-order valence-corrected chi connectivity index (χ0v) is 19.4. The fourth-order valence-electron chi connectivity index (χ4n) is 4.74. The molecule has 1 aromatic heterocycles. The molecule has 2 aliphatic rings. The van der Waals surface area contributed by atoms with Gasteiger partial charge in [-0.05, 0) is 28.8 Å². The van der Waals surface area contributed by atoms with Crippen molar-refractivity contribution in [2.45, 2.75) is 18.3 Å². The fourth-order valence-corrected chi connectivity index (χ4v) is 4.74. The molecule has 1 fully saturated rings. The van der Waals surface area contributed by atoms with Gasteiger partial charge in [0.2, 0.25) is 0 Å². The van der Waals surface area contributed by atoms with Gasteiger partial charge in [0.1, 0.15) is 5.75 Å². The predicted octanol–water partition coefficient (Wildman–Crippen LogP) is 3.64. The van der Waals surface area contributed by atoms with Crippen molar-refractivity contribution in [2.75, 3.05) is 13.7 Å². The van der Waals surface area contributed by atoms with E-state index in [1.807, 2.05) is 23.1 Å². The van der Waals surface area contributed by atoms with Crippen molar-refractivity contribution in [1.82, 2.24) is 25.3 Å². The Morgan fingerprint density at radius 3 is 2.47 bits per heavy atom. The van der Waals surface area contributed by atoms with Gasteiger partial charge in [-0.1, -0.05) is 36.9 Å². The average Bonchev–Trinajstić information content (AvgIpc) is 3.47. The minimum Gasteiger partial charge on any atom is -0.497 e.